The standard InChI is InChI=1S/C24H20N4O2/c25-12-16-2-1-3-19(10-16)21-4-5-22(29)28-14-17-11-20(23(21)28)15-27(13-17)24(30)18-6-8-26-9-7-18/h1-10,17,20H,11,13-15H2/t17-,20+/m0/s1. The first-order valence-corrected chi connectivity index (χ1v) is 10.1. The van der Waals surface area contributed by atoms with Crippen LogP contribution in [0.2, 0.25) is 0 Å². The summed E-state index contributed by atoms with van der Waals surface area (Å²) in [5.74, 6) is 0.338. The van der Waals surface area contributed by atoms with Crippen molar-refractivity contribution in [2.24, 2.45) is 5.92 Å². The molecular weight excluding hydrogens is 376 g/mol. The summed E-state index contributed by atoms with van der Waals surface area (Å²) in [4.78, 5) is 31.6. The molecule has 2 aromatic heterocycles. The predicted octanol–water partition coefficient (Wildman–Crippen LogP) is 3.04. The van der Waals surface area contributed by atoms with E-state index in [2.05, 4.69) is 11.1 Å². The number of benzene rings is 1. The van der Waals surface area contributed by atoms with Crippen LogP contribution in [0.4, 0.5) is 0 Å². The van der Waals surface area contributed by atoms with Crippen LogP contribution in [-0.4, -0.2) is 33.4 Å². The van der Waals surface area contributed by atoms with Crippen molar-refractivity contribution in [3.8, 4) is 17.2 Å². The largest absolute Gasteiger partial charge is 0.338 e. The van der Waals surface area contributed by atoms with Gasteiger partial charge in [-0.2, -0.15) is 5.26 Å². The third-order valence-corrected chi connectivity index (χ3v) is 6.11. The van der Waals surface area contributed by atoms with E-state index in [1.165, 1.54) is 0 Å². The highest BCUT2D eigenvalue weighted by molar-refractivity contribution is 5.94. The van der Waals surface area contributed by atoms with Crippen LogP contribution in [-0.2, 0) is 6.54 Å². The van der Waals surface area contributed by atoms with Crippen molar-refractivity contribution in [2.45, 2.75) is 18.9 Å². The molecule has 5 rings (SSSR count). The van der Waals surface area contributed by atoms with Gasteiger partial charge in [0.25, 0.3) is 11.5 Å². The molecule has 1 saturated heterocycles. The average molecular weight is 396 g/mol. The number of amides is 1. The van der Waals surface area contributed by atoms with Gasteiger partial charge in [-0.05, 0) is 48.2 Å². The molecule has 6 nitrogen and oxygen atoms in total. The molecule has 148 valence electrons. The van der Waals surface area contributed by atoms with E-state index in [0.29, 0.717) is 30.8 Å². The number of nitriles is 1. The number of carbonyl (C=O) groups is 1. The Hall–Kier alpha value is -3.72. The Balaban J connectivity index is 1.56. The molecule has 1 aromatic carbocycles. The number of hydrogen-bond donors (Lipinski definition) is 0. The molecule has 0 N–H and O–H groups in total. The first kappa shape index (κ1) is 18.3. The fraction of sp³-hybridized carbons (Fsp3) is 0.250. The molecule has 0 aliphatic carbocycles. The van der Waals surface area contributed by atoms with Crippen LogP contribution in [0, 0.1) is 17.2 Å². The molecule has 0 radical (unpaired) electrons. The molecule has 4 heterocycles. The monoisotopic (exact) mass is 396 g/mol. The molecule has 0 spiro atoms. The van der Waals surface area contributed by atoms with Crippen molar-refractivity contribution < 1.29 is 4.79 Å². The Bertz CT molecular complexity index is 1230. The van der Waals surface area contributed by atoms with Gasteiger partial charge in [0.2, 0.25) is 0 Å². The number of piperidine rings is 1. The summed E-state index contributed by atoms with van der Waals surface area (Å²) in [6, 6.07) is 16.6. The van der Waals surface area contributed by atoms with Gasteiger partial charge in [-0.15, -0.1) is 0 Å². The van der Waals surface area contributed by atoms with Crippen LogP contribution in [0.25, 0.3) is 11.1 Å². The number of carbonyl (C=O) groups excluding carboxylic acids is 1. The molecule has 2 bridgehead atoms. The van der Waals surface area contributed by atoms with E-state index in [-0.39, 0.29) is 23.3 Å². The normalized spacial score (nSPS) is 19.6. The zero-order valence-electron chi connectivity index (χ0n) is 16.4. The number of pyridine rings is 2. The fourth-order valence-corrected chi connectivity index (χ4v) is 4.86. The summed E-state index contributed by atoms with van der Waals surface area (Å²) < 4.78 is 1.88. The Morgan fingerprint density at radius 3 is 2.70 bits per heavy atom. The number of nitrogens with zero attached hydrogens (tertiary/aromatic N) is 4. The first-order valence-electron chi connectivity index (χ1n) is 10.1. The van der Waals surface area contributed by atoms with Gasteiger partial charge in [-0.25, -0.2) is 0 Å². The van der Waals surface area contributed by atoms with Gasteiger partial charge < -0.3 is 9.47 Å². The highest BCUT2D eigenvalue weighted by atomic mass is 16.2. The second-order valence-corrected chi connectivity index (χ2v) is 8.02. The number of aromatic nitrogens is 2. The molecule has 1 fully saturated rings. The lowest BCUT2D eigenvalue weighted by molar-refractivity contribution is 0.0595. The third kappa shape index (κ3) is 3.09. The van der Waals surface area contributed by atoms with E-state index in [1.807, 2.05) is 33.7 Å². The summed E-state index contributed by atoms with van der Waals surface area (Å²) in [5, 5.41) is 9.28. The van der Waals surface area contributed by atoms with Crippen LogP contribution >= 0.6 is 0 Å². The van der Waals surface area contributed by atoms with Gasteiger partial charge in [0.05, 0.1) is 11.6 Å². The van der Waals surface area contributed by atoms with Crippen LogP contribution in [0.5, 0.6) is 0 Å². The molecule has 3 aromatic rings. The summed E-state index contributed by atoms with van der Waals surface area (Å²) in [6.45, 7) is 1.83. The lowest BCUT2D eigenvalue weighted by Gasteiger charge is -2.43. The Morgan fingerprint density at radius 1 is 1.07 bits per heavy atom. The van der Waals surface area contributed by atoms with Crippen molar-refractivity contribution in [3.63, 3.8) is 0 Å². The van der Waals surface area contributed by atoms with Crippen molar-refractivity contribution in [1.29, 1.82) is 5.26 Å². The molecule has 2 atom stereocenters. The summed E-state index contributed by atoms with van der Waals surface area (Å²) >= 11 is 0. The fourth-order valence-electron chi connectivity index (χ4n) is 4.86. The summed E-state index contributed by atoms with van der Waals surface area (Å²) in [7, 11) is 0. The van der Waals surface area contributed by atoms with Gasteiger partial charge in [0.1, 0.15) is 0 Å². The summed E-state index contributed by atoms with van der Waals surface area (Å²) in [6.07, 6.45) is 4.22. The van der Waals surface area contributed by atoms with E-state index in [4.69, 9.17) is 0 Å². The van der Waals surface area contributed by atoms with Gasteiger partial charge >= 0.3 is 0 Å². The first-order chi connectivity index (χ1) is 14.6. The molecule has 0 saturated carbocycles. The van der Waals surface area contributed by atoms with Gasteiger partial charge in [0.15, 0.2) is 0 Å². The van der Waals surface area contributed by atoms with Crippen molar-refractivity contribution in [1.82, 2.24) is 14.5 Å². The highest BCUT2D eigenvalue weighted by Crippen LogP contribution is 2.40. The molecule has 2 aliphatic rings. The lowest BCUT2D eigenvalue weighted by atomic mass is 9.80. The molecule has 30 heavy (non-hydrogen) atoms. The highest BCUT2D eigenvalue weighted by Gasteiger charge is 2.38. The van der Waals surface area contributed by atoms with E-state index in [0.717, 1.165) is 23.2 Å². The predicted molar refractivity (Wildman–Crippen MR) is 112 cm³/mol. The Morgan fingerprint density at radius 2 is 1.90 bits per heavy atom. The van der Waals surface area contributed by atoms with Crippen LogP contribution in [0.15, 0.2) is 65.7 Å². The maximum absolute atomic E-state index is 13.0. The second kappa shape index (κ2) is 7.27. The molecular formula is C24H20N4O2. The zero-order valence-corrected chi connectivity index (χ0v) is 16.4. The smallest absolute Gasteiger partial charge is 0.253 e. The lowest BCUT2D eigenvalue weighted by Crippen LogP contribution is -2.49. The van der Waals surface area contributed by atoms with E-state index in [9.17, 15) is 14.9 Å². The van der Waals surface area contributed by atoms with Gasteiger partial charge in [0, 0.05) is 60.8 Å². The van der Waals surface area contributed by atoms with Crippen LogP contribution < -0.4 is 5.56 Å². The minimum Gasteiger partial charge on any atom is -0.338 e. The van der Waals surface area contributed by atoms with Crippen LogP contribution in [0.1, 0.15) is 34.0 Å². The SMILES string of the molecule is N#Cc1cccc(-c2ccc(=O)n3c2[C@@H]2C[C@@H](CN(C(=O)c4ccncc4)C2)C3)c1. The second-order valence-electron chi connectivity index (χ2n) is 8.02. The maximum Gasteiger partial charge on any atom is 0.253 e. The zero-order chi connectivity index (χ0) is 20.7. The van der Waals surface area contributed by atoms with Gasteiger partial charge in [-0.1, -0.05) is 12.1 Å². The van der Waals surface area contributed by atoms with Crippen molar-refractivity contribution >= 4 is 5.91 Å². The maximum atomic E-state index is 13.0. The number of likely N-dealkylation sites (tertiary alicyclic amines) is 1. The topological polar surface area (TPSA) is 79.0 Å². The number of fused-ring (bicyclic) bond motifs is 4. The molecule has 2 aliphatic heterocycles. The minimum absolute atomic E-state index is 0.00574. The molecule has 0 unspecified atom stereocenters. The summed E-state index contributed by atoms with van der Waals surface area (Å²) in [5.41, 5.74) is 4.08. The van der Waals surface area contributed by atoms with Crippen molar-refractivity contribution in [3.05, 3.63) is 88.1 Å². The quantitative estimate of drug-likeness (QED) is 0.667. The average Bonchev–Trinajstić information content (AvgIpc) is 2.79. The third-order valence-electron chi connectivity index (χ3n) is 6.11. The molecule has 6 heteroatoms. The van der Waals surface area contributed by atoms with E-state index < -0.39 is 0 Å². The number of hydrogen-bond acceptors (Lipinski definition) is 4. The van der Waals surface area contributed by atoms with Crippen molar-refractivity contribution in [2.75, 3.05) is 13.1 Å². The minimum atomic E-state index is -0.00574. The van der Waals surface area contributed by atoms with Crippen LogP contribution in [0.3, 0.4) is 0 Å². The number of rotatable bonds is 2. The van der Waals surface area contributed by atoms with Gasteiger partial charge in [-0.3, -0.25) is 14.6 Å². The van der Waals surface area contributed by atoms with E-state index in [1.54, 1.807) is 36.7 Å². The Labute approximate surface area is 174 Å². The molecule has 1 amide bonds. The Kier molecular flexibility index (Phi) is 4.44. The van der Waals surface area contributed by atoms with E-state index >= 15 is 0 Å².